The second-order valence-corrected chi connectivity index (χ2v) is 14.6. The van der Waals surface area contributed by atoms with Crippen LogP contribution in [0.25, 0.3) is 76.2 Å². The standard InChI is InChI=1S/C52H31FN2O2/c53-34-29-32-25-27-41-45(54(35-13-3-1-4-14-35)43-21-11-19-39-37-17-7-9-23-47(37)56-51(39)43)31-46(42-28-26-33(30-34)49(32)50(41)42)55(36-15-5-2-6-16-36)44-22-12-20-40-38-18-8-10-24-48(38)57-52(40)44/h1-31H. The lowest BCUT2D eigenvalue weighted by Gasteiger charge is -2.32. The summed E-state index contributed by atoms with van der Waals surface area (Å²) in [5, 5.41) is 10.0. The molecule has 0 amide bonds. The Labute approximate surface area is 326 Å². The third kappa shape index (κ3) is 4.72. The Morgan fingerprint density at radius 1 is 0.333 bits per heavy atom. The van der Waals surface area contributed by atoms with Gasteiger partial charge in [-0.2, -0.15) is 0 Å². The molecule has 268 valence electrons. The highest BCUT2D eigenvalue weighted by molar-refractivity contribution is 6.29. The fourth-order valence-electron chi connectivity index (χ4n) is 9.00. The average Bonchev–Trinajstić information content (AvgIpc) is 3.84. The maximum absolute atomic E-state index is 15.2. The van der Waals surface area contributed by atoms with Gasteiger partial charge in [0.05, 0.1) is 22.7 Å². The van der Waals surface area contributed by atoms with Gasteiger partial charge in [0.1, 0.15) is 17.0 Å². The Morgan fingerprint density at radius 3 is 1.26 bits per heavy atom. The minimum absolute atomic E-state index is 0.258. The predicted octanol–water partition coefficient (Wildman–Crippen LogP) is 15.5. The van der Waals surface area contributed by atoms with E-state index in [1.807, 2.05) is 48.5 Å². The van der Waals surface area contributed by atoms with Crippen LogP contribution in [0.2, 0.25) is 0 Å². The van der Waals surface area contributed by atoms with Crippen LogP contribution in [0.4, 0.5) is 38.5 Å². The summed E-state index contributed by atoms with van der Waals surface area (Å²) in [6.07, 6.45) is 0. The van der Waals surface area contributed by atoms with Gasteiger partial charge in [0.25, 0.3) is 0 Å². The first kappa shape index (κ1) is 31.7. The largest absolute Gasteiger partial charge is 0.454 e. The first-order valence-electron chi connectivity index (χ1n) is 19.1. The van der Waals surface area contributed by atoms with Crippen molar-refractivity contribution in [1.82, 2.24) is 0 Å². The van der Waals surface area contributed by atoms with Crippen LogP contribution in [0.3, 0.4) is 0 Å². The number of hydrogen-bond acceptors (Lipinski definition) is 4. The van der Waals surface area contributed by atoms with Crippen molar-refractivity contribution in [2.75, 3.05) is 9.80 Å². The minimum atomic E-state index is -0.258. The highest BCUT2D eigenvalue weighted by Gasteiger charge is 2.28. The van der Waals surface area contributed by atoms with Crippen LogP contribution in [-0.2, 0) is 0 Å². The smallest absolute Gasteiger partial charge is 0.159 e. The molecule has 0 saturated heterocycles. The summed E-state index contributed by atoms with van der Waals surface area (Å²) in [4.78, 5) is 4.62. The molecule has 0 radical (unpaired) electrons. The zero-order chi connectivity index (χ0) is 37.6. The summed E-state index contributed by atoms with van der Waals surface area (Å²) in [6, 6.07) is 64.0. The SMILES string of the molecule is Fc1cc2ccc3c(N(c4ccccc4)c4cccc5c4oc4ccccc45)cc(N(c4ccccc4)c4cccc5c4oc4ccccc45)c4ccc(c1)c2c34. The van der Waals surface area contributed by atoms with Crippen molar-refractivity contribution >= 4 is 110 Å². The van der Waals surface area contributed by atoms with E-state index >= 15 is 4.39 Å². The van der Waals surface area contributed by atoms with Crippen molar-refractivity contribution in [3.63, 3.8) is 0 Å². The van der Waals surface area contributed by atoms with Gasteiger partial charge >= 0.3 is 0 Å². The second kappa shape index (κ2) is 12.2. The van der Waals surface area contributed by atoms with Crippen molar-refractivity contribution in [2.45, 2.75) is 0 Å². The summed E-state index contributed by atoms with van der Waals surface area (Å²) >= 11 is 0. The molecule has 5 heteroatoms. The second-order valence-electron chi connectivity index (χ2n) is 14.6. The van der Waals surface area contributed by atoms with Gasteiger partial charge in [-0.05, 0) is 82.9 Å². The lowest BCUT2D eigenvalue weighted by Crippen LogP contribution is -2.15. The molecule has 12 rings (SSSR count). The van der Waals surface area contributed by atoms with E-state index in [4.69, 9.17) is 8.83 Å². The highest BCUT2D eigenvalue weighted by Crippen LogP contribution is 2.52. The number of nitrogens with zero attached hydrogens (tertiary/aromatic N) is 2. The monoisotopic (exact) mass is 734 g/mol. The molecule has 0 saturated carbocycles. The molecule has 2 heterocycles. The van der Waals surface area contributed by atoms with E-state index in [1.54, 1.807) is 12.1 Å². The van der Waals surface area contributed by atoms with Gasteiger partial charge in [-0.1, -0.05) is 121 Å². The molecule has 0 unspecified atom stereocenters. The van der Waals surface area contributed by atoms with Crippen molar-refractivity contribution in [1.29, 1.82) is 0 Å². The van der Waals surface area contributed by atoms with Gasteiger partial charge in [-0.25, -0.2) is 4.39 Å². The van der Waals surface area contributed by atoms with Gasteiger partial charge in [0.15, 0.2) is 11.2 Å². The number of hydrogen-bond donors (Lipinski definition) is 0. The summed E-state index contributed by atoms with van der Waals surface area (Å²) < 4.78 is 28.7. The van der Waals surface area contributed by atoms with E-state index < -0.39 is 0 Å². The molecule has 0 spiro atoms. The zero-order valence-electron chi connectivity index (χ0n) is 30.5. The molecule has 2 aromatic heterocycles. The molecule has 0 aliphatic carbocycles. The molecule has 0 bridgehead atoms. The molecular weight excluding hydrogens is 704 g/mol. The van der Waals surface area contributed by atoms with Crippen molar-refractivity contribution < 1.29 is 13.2 Å². The van der Waals surface area contributed by atoms with Crippen molar-refractivity contribution in [3.05, 3.63) is 194 Å². The Balaban J connectivity index is 1.25. The molecule has 0 atom stereocenters. The Morgan fingerprint density at radius 2 is 0.772 bits per heavy atom. The van der Waals surface area contributed by atoms with Crippen LogP contribution >= 0.6 is 0 Å². The molecule has 0 aliphatic rings. The highest BCUT2D eigenvalue weighted by atomic mass is 19.1. The number of rotatable bonds is 6. The first-order chi connectivity index (χ1) is 28.2. The van der Waals surface area contributed by atoms with Crippen LogP contribution in [0.1, 0.15) is 0 Å². The number of furan rings is 2. The normalized spacial score (nSPS) is 11.9. The van der Waals surface area contributed by atoms with Gasteiger partial charge in [-0.3, -0.25) is 0 Å². The lowest BCUT2D eigenvalue weighted by atomic mass is 9.91. The number of halogens is 1. The molecule has 57 heavy (non-hydrogen) atoms. The molecule has 0 aliphatic heterocycles. The third-order valence-corrected chi connectivity index (χ3v) is 11.4. The maximum atomic E-state index is 15.2. The predicted molar refractivity (Wildman–Crippen MR) is 234 cm³/mol. The van der Waals surface area contributed by atoms with Crippen LogP contribution in [0.15, 0.2) is 197 Å². The number of anilines is 6. The maximum Gasteiger partial charge on any atom is 0.159 e. The van der Waals surface area contributed by atoms with Crippen molar-refractivity contribution in [3.8, 4) is 0 Å². The van der Waals surface area contributed by atoms with Crippen LogP contribution in [0, 0.1) is 5.82 Å². The van der Waals surface area contributed by atoms with Gasteiger partial charge in [-0.15, -0.1) is 0 Å². The van der Waals surface area contributed by atoms with E-state index in [-0.39, 0.29) is 5.82 Å². The molecular formula is C52H31FN2O2. The van der Waals surface area contributed by atoms with E-state index in [2.05, 4.69) is 137 Å². The van der Waals surface area contributed by atoms with Gasteiger partial charge < -0.3 is 18.6 Å². The summed E-state index contributed by atoms with van der Waals surface area (Å²) in [6.45, 7) is 0. The fourth-order valence-corrected chi connectivity index (χ4v) is 9.00. The third-order valence-electron chi connectivity index (χ3n) is 11.4. The van der Waals surface area contributed by atoms with Gasteiger partial charge in [0.2, 0.25) is 0 Å². The quantitative estimate of drug-likeness (QED) is 0.159. The Kier molecular flexibility index (Phi) is 6.78. The van der Waals surface area contributed by atoms with Crippen LogP contribution < -0.4 is 9.80 Å². The van der Waals surface area contributed by atoms with E-state index in [9.17, 15) is 0 Å². The van der Waals surface area contributed by atoms with Crippen LogP contribution in [-0.4, -0.2) is 0 Å². The van der Waals surface area contributed by atoms with E-state index in [1.165, 1.54) is 0 Å². The van der Waals surface area contributed by atoms with Gasteiger partial charge in [0, 0.05) is 49.1 Å². The average molecular weight is 735 g/mol. The van der Waals surface area contributed by atoms with Crippen molar-refractivity contribution in [2.24, 2.45) is 0 Å². The molecule has 0 fully saturated rings. The molecule has 0 N–H and O–H groups in total. The fraction of sp³-hybridized carbons (Fsp3) is 0. The molecule has 4 nitrogen and oxygen atoms in total. The Bertz CT molecular complexity index is 3270. The van der Waals surface area contributed by atoms with E-state index in [0.717, 1.165) is 110 Å². The minimum Gasteiger partial charge on any atom is -0.454 e. The number of benzene rings is 10. The summed E-state index contributed by atoms with van der Waals surface area (Å²) in [5.41, 5.74) is 8.93. The molecule has 12 aromatic rings. The number of fused-ring (bicyclic) bond motifs is 6. The van der Waals surface area contributed by atoms with E-state index in [0.29, 0.717) is 0 Å². The zero-order valence-corrected chi connectivity index (χ0v) is 30.5. The lowest BCUT2D eigenvalue weighted by molar-refractivity contribution is 0.631. The van der Waals surface area contributed by atoms with Crippen LogP contribution in [0.5, 0.6) is 0 Å². The topological polar surface area (TPSA) is 32.8 Å². The Hall–Kier alpha value is -7.63. The summed E-state index contributed by atoms with van der Waals surface area (Å²) in [5.74, 6) is -0.258. The number of para-hydroxylation sites is 6. The first-order valence-corrected chi connectivity index (χ1v) is 19.1. The molecule has 10 aromatic carbocycles. The summed E-state index contributed by atoms with van der Waals surface area (Å²) in [7, 11) is 0.